The van der Waals surface area contributed by atoms with Crippen LogP contribution in [-0.2, 0) is 0 Å². The minimum atomic E-state index is -0.592. The minimum Gasteiger partial charge on any atom is -0.469 e. The van der Waals surface area contributed by atoms with Gasteiger partial charge in [0.1, 0.15) is 5.76 Å². The van der Waals surface area contributed by atoms with Crippen molar-refractivity contribution < 1.29 is 18.8 Å². The Labute approximate surface area is 163 Å². The first kappa shape index (κ1) is 18.6. The van der Waals surface area contributed by atoms with Crippen molar-refractivity contribution in [2.75, 3.05) is 0 Å². The third kappa shape index (κ3) is 4.15. The molecule has 0 fully saturated rings. The lowest BCUT2D eigenvalue weighted by atomic mass is 9.98. The topological polar surface area (TPSA) is 88.4 Å². The van der Waals surface area contributed by atoms with Crippen LogP contribution < -0.4 is 10.9 Å². The predicted molar refractivity (Wildman–Crippen MR) is 102 cm³/mol. The third-order valence-corrected chi connectivity index (χ3v) is 4.44. The highest BCUT2D eigenvalue weighted by Gasteiger charge is 2.19. The number of hydrogen-bond acceptors (Lipinski definition) is 4. The van der Waals surface area contributed by atoms with Crippen molar-refractivity contribution in [1.82, 2.24) is 10.9 Å². The number of aryl methyl sites for hydroxylation is 1. The monoisotopic (exact) mass is 426 g/mol. The highest BCUT2D eigenvalue weighted by Crippen LogP contribution is 2.17. The van der Waals surface area contributed by atoms with E-state index in [1.165, 1.54) is 18.4 Å². The number of hydrogen-bond donors (Lipinski definition) is 2. The van der Waals surface area contributed by atoms with E-state index >= 15 is 0 Å². The van der Waals surface area contributed by atoms with E-state index in [0.717, 1.165) is 4.47 Å². The van der Waals surface area contributed by atoms with Gasteiger partial charge in [-0.25, -0.2) is 0 Å². The van der Waals surface area contributed by atoms with Crippen molar-refractivity contribution in [3.05, 3.63) is 93.3 Å². The van der Waals surface area contributed by atoms with E-state index in [-0.39, 0.29) is 16.9 Å². The van der Waals surface area contributed by atoms with Gasteiger partial charge in [-0.3, -0.25) is 25.2 Å². The van der Waals surface area contributed by atoms with E-state index in [2.05, 4.69) is 26.8 Å². The number of carbonyl (C=O) groups excluding carboxylic acids is 3. The maximum atomic E-state index is 12.8. The van der Waals surface area contributed by atoms with Crippen LogP contribution in [0.5, 0.6) is 0 Å². The number of furan rings is 1. The summed E-state index contributed by atoms with van der Waals surface area (Å²) in [5.74, 6) is -0.949. The Morgan fingerprint density at radius 1 is 0.815 bits per heavy atom. The molecule has 0 aliphatic heterocycles. The average Bonchev–Trinajstić information content (AvgIpc) is 3.12. The zero-order valence-electron chi connectivity index (χ0n) is 14.3. The summed E-state index contributed by atoms with van der Waals surface area (Å²) in [4.78, 5) is 37.3. The van der Waals surface area contributed by atoms with Gasteiger partial charge < -0.3 is 4.42 Å². The van der Waals surface area contributed by atoms with E-state index in [9.17, 15) is 14.4 Å². The van der Waals surface area contributed by atoms with Crippen LogP contribution in [-0.4, -0.2) is 17.6 Å². The Bertz CT molecular complexity index is 1010. The van der Waals surface area contributed by atoms with Gasteiger partial charge in [-0.1, -0.05) is 34.1 Å². The molecule has 0 saturated carbocycles. The van der Waals surface area contributed by atoms with Gasteiger partial charge in [0, 0.05) is 15.6 Å². The molecule has 6 nitrogen and oxygen atoms in total. The van der Waals surface area contributed by atoms with Crippen LogP contribution in [0.2, 0.25) is 0 Å². The Balaban J connectivity index is 1.78. The molecule has 136 valence electrons. The molecule has 2 N–H and O–H groups in total. The maximum absolute atomic E-state index is 12.8. The molecule has 0 atom stereocenters. The first-order chi connectivity index (χ1) is 13.0. The SMILES string of the molecule is Cc1occc1C(=O)NNC(=O)c1ccccc1C(=O)c1ccc(Br)cc1. The molecular weight excluding hydrogens is 412 g/mol. The molecule has 3 aromatic rings. The Kier molecular flexibility index (Phi) is 5.52. The fraction of sp³-hybridized carbons (Fsp3) is 0.0500. The largest absolute Gasteiger partial charge is 0.469 e. The number of benzene rings is 2. The Morgan fingerprint density at radius 2 is 1.41 bits per heavy atom. The summed E-state index contributed by atoms with van der Waals surface area (Å²) in [5.41, 5.74) is 5.82. The van der Waals surface area contributed by atoms with Crippen molar-refractivity contribution >= 4 is 33.5 Å². The molecule has 2 amide bonds. The molecule has 7 heteroatoms. The second-order valence-electron chi connectivity index (χ2n) is 5.68. The van der Waals surface area contributed by atoms with Gasteiger partial charge in [-0.15, -0.1) is 0 Å². The normalized spacial score (nSPS) is 10.3. The minimum absolute atomic E-state index is 0.162. The van der Waals surface area contributed by atoms with Gasteiger partial charge in [0.25, 0.3) is 11.8 Å². The summed E-state index contributed by atoms with van der Waals surface area (Å²) < 4.78 is 5.91. The predicted octanol–water partition coefficient (Wildman–Crippen LogP) is 3.66. The van der Waals surface area contributed by atoms with Crippen molar-refractivity contribution in [1.29, 1.82) is 0 Å². The number of amides is 2. The Morgan fingerprint density at radius 3 is 2.00 bits per heavy atom. The number of carbonyl (C=O) groups is 3. The van der Waals surface area contributed by atoms with E-state index in [1.54, 1.807) is 49.4 Å². The van der Waals surface area contributed by atoms with Crippen molar-refractivity contribution in [3.8, 4) is 0 Å². The van der Waals surface area contributed by atoms with Gasteiger partial charge in [0.2, 0.25) is 0 Å². The first-order valence-corrected chi connectivity index (χ1v) is 8.80. The summed E-state index contributed by atoms with van der Waals surface area (Å²) in [5, 5.41) is 0. The zero-order chi connectivity index (χ0) is 19.4. The first-order valence-electron chi connectivity index (χ1n) is 8.01. The number of nitrogens with one attached hydrogen (secondary N) is 2. The van der Waals surface area contributed by atoms with Crippen LogP contribution in [0.15, 0.2) is 69.8 Å². The molecule has 0 radical (unpaired) electrons. The Hall–Kier alpha value is -3.19. The molecule has 3 rings (SSSR count). The van der Waals surface area contributed by atoms with Gasteiger partial charge >= 0.3 is 0 Å². The van der Waals surface area contributed by atoms with Crippen LogP contribution in [0, 0.1) is 6.92 Å². The van der Waals surface area contributed by atoms with Crippen molar-refractivity contribution in [2.45, 2.75) is 6.92 Å². The van der Waals surface area contributed by atoms with Crippen molar-refractivity contribution in [3.63, 3.8) is 0 Å². The fourth-order valence-electron chi connectivity index (χ4n) is 2.50. The molecule has 1 aromatic heterocycles. The van der Waals surface area contributed by atoms with Crippen LogP contribution >= 0.6 is 15.9 Å². The molecule has 0 aliphatic rings. The molecule has 0 spiro atoms. The van der Waals surface area contributed by atoms with E-state index < -0.39 is 11.8 Å². The number of rotatable bonds is 4. The summed E-state index contributed by atoms with van der Waals surface area (Å²) in [6, 6.07) is 14.8. The smallest absolute Gasteiger partial charge is 0.273 e. The lowest BCUT2D eigenvalue weighted by molar-refractivity contribution is 0.0844. The molecule has 27 heavy (non-hydrogen) atoms. The van der Waals surface area contributed by atoms with Gasteiger partial charge in [-0.2, -0.15) is 0 Å². The van der Waals surface area contributed by atoms with Crippen LogP contribution in [0.4, 0.5) is 0 Å². The highest BCUT2D eigenvalue weighted by atomic mass is 79.9. The number of ketones is 1. The fourth-order valence-corrected chi connectivity index (χ4v) is 2.77. The zero-order valence-corrected chi connectivity index (χ0v) is 15.9. The van der Waals surface area contributed by atoms with Crippen LogP contribution in [0.25, 0.3) is 0 Å². The summed E-state index contributed by atoms with van der Waals surface area (Å²) in [7, 11) is 0. The molecule has 0 saturated heterocycles. The highest BCUT2D eigenvalue weighted by molar-refractivity contribution is 9.10. The lowest BCUT2D eigenvalue weighted by Crippen LogP contribution is -2.42. The van der Waals surface area contributed by atoms with E-state index in [0.29, 0.717) is 16.9 Å². The van der Waals surface area contributed by atoms with Crippen molar-refractivity contribution in [2.24, 2.45) is 0 Å². The molecular formula is C20H15BrN2O4. The second kappa shape index (κ2) is 8.01. The molecule has 2 aromatic carbocycles. The third-order valence-electron chi connectivity index (χ3n) is 3.92. The molecule has 1 heterocycles. The van der Waals surface area contributed by atoms with E-state index in [4.69, 9.17) is 4.42 Å². The number of hydrazine groups is 1. The van der Waals surface area contributed by atoms with Gasteiger partial charge in [0.15, 0.2) is 5.78 Å². The molecule has 0 bridgehead atoms. The lowest BCUT2D eigenvalue weighted by Gasteiger charge is -2.10. The quantitative estimate of drug-likeness (QED) is 0.492. The molecule has 0 aliphatic carbocycles. The van der Waals surface area contributed by atoms with E-state index in [1.807, 2.05) is 0 Å². The standard InChI is InChI=1S/C20H15BrN2O4/c1-12-15(10-11-27-12)19(25)22-23-20(26)17-5-3-2-4-16(17)18(24)13-6-8-14(21)9-7-13/h2-11H,1H3,(H,22,25)(H,23,26). The van der Waals surface area contributed by atoms with Crippen LogP contribution in [0.3, 0.4) is 0 Å². The summed E-state index contributed by atoms with van der Waals surface area (Å²) >= 11 is 3.32. The summed E-state index contributed by atoms with van der Waals surface area (Å²) in [6.07, 6.45) is 1.39. The molecule has 0 unspecified atom stereocenters. The average molecular weight is 427 g/mol. The maximum Gasteiger partial charge on any atom is 0.273 e. The van der Waals surface area contributed by atoms with Gasteiger partial charge in [0.05, 0.1) is 17.4 Å². The second-order valence-corrected chi connectivity index (χ2v) is 6.60. The summed E-state index contributed by atoms with van der Waals surface area (Å²) in [6.45, 7) is 1.64. The van der Waals surface area contributed by atoms with Gasteiger partial charge in [-0.05, 0) is 43.3 Å². The van der Waals surface area contributed by atoms with Crippen LogP contribution in [0.1, 0.15) is 42.4 Å². The number of halogens is 1.